The Morgan fingerprint density at radius 3 is 2.65 bits per heavy atom. The molecule has 2 fully saturated rings. The van der Waals surface area contributed by atoms with Crippen molar-refractivity contribution in [2.75, 3.05) is 5.32 Å². The van der Waals surface area contributed by atoms with E-state index in [1.165, 1.54) is 12.8 Å². The highest BCUT2D eigenvalue weighted by Gasteiger charge is 2.28. The highest BCUT2D eigenvalue weighted by Crippen LogP contribution is 2.43. The summed E-state index contributed by atoms with van der Waals surface area (Å²) in [6, 6.07) is 8.46. The van der Waals surface area contributed by atoms with Gasteiger partial charge in [-0.2, -0.15) is 0 Å². The van der Waals surface area contributed by atoms with E-state index in [1.807, 2.05) is 35.1 Å². The summed E-state index contributed by atoms with van der Waals surface area (Å²) in [5, 5.41) is 18.0. The summed E-state index contributed by atoms with van der Waals surface area (Å²) >= 11 is 0. The van der Waals surface area contributed by atoms with Gasteiger partial charge < -0.3 is 10.4 Å². The van der Waals surface area contributed by atoms with Gasteiger partial charge in [0, 0.05) is 23.7 Å². The fourth-order valence-electron chi connectivity index (χ4n) is 3.88. The molecule has 0 atom stereocenters. The molecule has 26 heavy (non-hydrogen) atoms. The molecule has 0 aliphatic heterocycles. The van der Waals surface area contributed by atoms with E-state index >= 15 is 0 Å². The van der Waals surface area contributed by atoms with Crippen molar-refractivity contribution in [2.24, 2.45) is 0 Å². The van der Waals surface area contributed by atoms with Crippen LogP contribution in [0, 0.1) is 0 Å². The lowest BCUT2D eigenvalue weighted by Crippen LogP contribution is -2.28. The second kappa shape index (κ2) is 6.36. The van der Waals surface area contributed by atoms with Crippen molar-refractivity contribution in [2.45, 2.75) is 56.6 Å². The number of pyridine rings is 1. The largest absolute Gasteiger partial charge is 0.393 e. The predicted octanol–water partition coefficient (Wildman–Crippen LogP) is 3.38. The first-order valence-electron chi connectivity index (χ1n) is 9.52. The normalized spacial score (nSPS) is 23.3. The average molecular weight is 349 g/mol. The van der Waals surface area contributed by atoms with E-state index in [2.05, 4.69) is 21.4 Å². The van der Waals surface area contributed by atoms with Gasteiger partial charge in [0.05, 0.1) is 23.7 Å². The molecule has 6 heteroatoms. The van der Waals surface area contributed by atoms with Crippen molar-refractivity contribution in [3.8, 4) is 11.3 Å². The first-order valence-corrected chi connectivity index (χ1v) is 9.52. The topological polar surface area (TPSA) is 75.3 Å². The van der Waals surface area contributed by atoms with Crippen LogP contribution in [0.1, 0.15) is 50.1 Å². The Hall–Kier alpha value is -2.47. The lowest BCUT2D eigenvalue weighted by Gasteiger charge is -2.26. The second-order valence-electron chi connectivity index (χ2n) is 7.49. The minimum Gasteiger partial charge on any atom is -0.393 e. The van der Waals surface area contributed by atoms with Gasteiger partial charge in [-0.25, -0.2) is 9.50 Å². The molecule has 134 valence electrons. The van der Waals surface area contributed by atoms with Gasteiger partial charge in [0.15, 0.2) is 5.65 Å². The summed E-state index contributed by atoms with van der Waals surface area (Å²) in [5.74, 6) is 1.43. The fourth-order valence-corrected chi connectivity index (χ4v) is 3.88. The van der Waals surface area contributed by atoms with Crippen LogP contribution >= 0.6 is 0 Å². The summed E-state index contributed by atoms with van der Waals surface area (Å²) < 4.78 is 1.92. The van der Waals surface area contributed by atoms with Gasteiger partial charge in [-0.3, -0.25) is 4.98 Å². The standard InChI is InChI=1S/C20H23N5O/c26-15-7-5-14(6-8-15)23-18-9-10-19-22-12-17(25(19)24-18)16-2-1-11-21-20(16)13-3-4-13/h1-2,9-15,26H,3-8H2,(H,23,24). The summed E-state index contributed by atoms with van der Waals surface area (Å²) in [6.45, 7) is 0. The molecule has 3 aromatic rings. The lowest BCUT2D eigenvalue weighted by atomic mass is 9.93. The maximum absolute atomic E-state index is 9.68. The molecule has 0 radical (unpaired) electrons. The smallest absolute Gasteiger partial charge is 0.154 e. The van der Waals surface area contributed by atoms with E-state index in [4.69, 9.17) is 5.10 Å². The Kier molecular flexibility index (Phi) is 3.85. The average Bonchev–Trinajstić information content (AvgIpc) is 3.43. The summed E-state index contributed by atoms with van der Waals surface area (Å²) in [6.07, 6.45) is 9.73. The van der Waals surface area contributed by atoms with Crippen LogP contribution in [0.4, 0.5) is 5.82 Å². The number of nitrogens with zero attached hydrogens (tertiary/aromatic N) is 4. The van der Waals surface area contributed by atoms with Crippen LogP contribution in [-0.4, -0.2) is 36.8 Å². The zero-order valence-corrected chi connectivity index (χ0v) is 14.7. The SMILES string of the molecule is OC1CCC(Nc2ccc3ncc(-c4cccnc4C4CC4)n3n2)CC1. The quantitative estimate of drug-likeness (QED) is 0.755. The Morgan fingerprint density at radius 1 is 1.00 bits per heavy atom. The minimum absolute atomic E-state index is 0.143. The molecule has 0 saturated heterocycles. The molecule has 2 aliphatic rings. The van der Waals surface area contributed by atoms with Crippen LogP contribution in [0.3, 0.4) is 0 Å². The molecular weight excluding hydrogens is 326 g/mol. The third-order valence-electron chi connectivity index (χ3n) is 5.49. The zero-order valence-electron chi connectivity index (χ0n) is 14.7. The molecule has 0 unspecified atom stereocenters. The zero-order chi connectivity index (χ0) is 17.5. The lowest BCUT2D eigenvalue weighted by molar-refractivity contribution is 0.126. The fraction of sp³-hybridized carbons (Fsp3) is 0.450. The van der Waals surface area contributed by atoms with Crippen LogP contribution < -0.4 is 5.32 Å². The number of anilines is 1. The van der Waals surface area contributed by atoms with Crippen LogP contribution in [0.25, 0.3) is 16.9 Å². The molecule has 2 aliphatic carbocycles. The van der Waals surface area contributed by atoms with Crippen LogP contribution in [0.5, 0.6) is 0 Å². The predicted molar refractivity (Wildman–Crippen MR) is 100 cm³/mol. The van der Waals surface area contributed by atoms with Gasteiger partial charge in [-0.1, -0.05) is 0 Å². The molecular formula is C20H23N5O. The summed E-state index contributed by atoms with van der Waals surface area (Å²) in [4.78, 5) is 9.14. The number of imidazole rings is 1. The van der Waals surface area contributed by atoms with E-state index in [0.29, 0.717) is 12.0 Å². The molecule has 0 spiro atoms. The van der Waals surface area contributed by atoms with Gasteiger partial charge in [0.2, 0.25) is 0 Å². The Labute approximate surface area is 152 Å². The summed E-state index contributed by atoms with van der Waals surface area (Å²) in [7, 11) is 0. The number of aliphatic hydroxyl groups excluding tert-OH is 1. The van der Waals surface area contributed by atoms with E-state index < -0.39 is 0 Å². The first-order chi connectivity index (χ1) is 12.8. The van der Waals surface area contributed by atoms with Gasteiger partial charge in [0.1, 0.15) is 5.82 Å². The molecule has 0 amide bonds. The van der Waals surface area contributed by atoms with Crippen molar-refractivity contribution < 1.29 is 5.11 Å². The molecule has 2 saturated carbocycles. The molecule has 2 N–H and O–H groups in total. The third-order valence-corrected chi connectivity index (χ3v) is 5.49. The van der Waals surface area contributed by atoms with Gasteiger partial charge in [-0.15, -0.1) is 5.10 Å². The highest BCUT2D eigenvalue weighted by atomic mass is 16.3. The third kappa shape index (κ3) is 2.94. The summed E-state index contributed by atoms with van der Waals surface area (Å²) in [5.41, 5.74) is 4.14. The number of nitrogens with one attached hydrogen (secondary N) is 1. The van der Waals surface area contributed by atoms with Gasteiger partial charge >= 0.3 is 0 Å². The Morgan fingerprint density at radius 2 is 1.85 bits per heavy atom. The van der Waals surface area contributed by atoms with Crippen LogP contribution in [0.2, 0.25) is 0 Å². The van der Waals surface area contributed by atoms with Crippen LogP contribution in [0.15, 0.2) is 36.7 Å². The monoisotopic (exact) mass is 349 g/mol. The maximum Gasteiger partial charge on any atom is 0.154 e. The number of hydrogen-bond donors (Lipinski definition) is 2. The van der Waals surface area contributed by atoms with Crippen molar-refractivity contribution in [1.82, 2.24) is 19.6 Å². The van der Waals surface area contributed by atoms with Crippen molar-refractivity contribution in [3.05, 3.63) is 42.4 Å². The number of aliphatic hydroxyl groups is 1. The van der Waals surface area contributed by atoms with Gasteiger partial charge in [0.25, 0.3) is 0 Å². The second-order valence-corrected chi connectivity index (χ2v) is 7.49. The van der Waals surface area contributed by atoms with Crippen molar-refractivity contribution in [3.63, 3.8) is 0 Å². The van der Waals surface area contributed by atoms with E-state index in [1.54, 1.807) is 0 Å². The highest BCUT2D eigenvalue weighted by molar-refractivity contribution is 5.66. The van der Waals surface area contributed by atoms with Crippen molar-refractivity contribution in [1.29, 1.82) is 0 Å². The first kappa shape index (κ1) is 15.8. The van der Waals surface area contributed by atoms with Crippen molar-refractivity contribution >= 4 is 11.5 Å². The van der Waals surface area contributed by atoms with Crippen LogP contribution in [-0.2, 0) is 0 Å². The molecule has 3 heterocycles. The molecule has 6 nitrogen and oxygen atoms in total. The van der Waals surface area contributed by atoms with E-state index in [9.17, 15) is 5.11 Å². The van der Waals surface area contributed by atoms with Gasteiger partial charge in [-0.05, 0) is 62.8 Å². The van der Waals surface area contributed by atoms with E-state index in [-0.39, 0.29) is 6.10 Å². The molecule has 3 aromatic heterocycles. The Balaban J connectivity index is 1.48. The molecule has 5 rings (SSSR count). The minimum atomic E-state index is -0.143. The molecule has 0 bridgehead atoms. The maximum atomic E-state index is 9.68. The molecule has 0 aromatic carbocycles. The number of rotatable bonds is 4. The number of aromatic nitrogens is 4. The van der Waals surface area contributed by atoms with E-state index in [0.717, 1.165) is 54.1 Å². The number of fused-ring (bicyclic) bond motifs is 1. The Bertz CT molecular complexity index is 925. The number of hydrogen-bond acceptors (Lipinski definition) is 5.